The summed E-state index contributed by atoms with van der Waals surface area (Å²) in [7, 11) is 0. The van der Waals surface area contributed by atoms with Crippen molar-refractivity contribution in [3.63, 3.8) is 0 Å². The largest absolute Gasteiger partial charge is 0.310 e. The van der Waals surface area contributed by atoms with Crippen LogP contribution in [-0.4, -0.2) is 0 Å². The molecule has 1 spiro atoms. The molecule has 9 aromatic rings. The van der Waals surface area contributed by atoms with E-state index in [0.717, 1.165) is 11.8 Å². The highest BCUT2D eigenvalue weighted by molar-refractivity contribution is 6.13. The maximum atomic E-state index is 2.65. The van der Waals surface area contributed by atoms with Gasteiger partial charge in [0, 0.05) is 27.6 Å². The van der Waals surface area contributed by atoms with Crippen molar-refractivity contribution in [2.75, 3.05) is 4.90 Å². The smallest absolute Gasteiger partial charge is 0.0540 e. The molecule has 0 aromatic heterocycles. The van der Waals surface area contributed by atoms with Gasteiger partial charge in [0.05, 0.1) is 5.69 Å². The quantitative estimate of drug-likeness (QED) is 0.156. The Morgan fingerprint density at radius 2 is 0.953 bits per heavy atom. The molecule has 9 aromatic carbocycles. The summed E-state index contributed by atoms with van der Waals surface area (Å²) in [5.74, 6) is 3.24. The van der Waals surface area contributed by atoms with Crippen LogP contribution < -0.4 is 4.90 Å². The van der Waals surface area contributed by atoms with Crippen LogP contribution in [0.2, 0.25) is 0 Å². The van der Waals surface area contributed by atoms with Gasteiger partial charge in [0.2, 0.25) is 0 Å². The summed E-state index contributed by atoms with van der Waals surface area (Å²) in [6, 6.07) is 71.9. The maximum absolute atomic E-state index is 2.65. The zero-order chi connectivity index (χ0) is 42.3. The molecule has 0 aliphatic heterocycles. The lowest BCUT2D eigenvalue weighted by molar-refractivity contribution is -0.0399. The van der Waals surface area contributed by atoms with E-state index in [9.17, 15) is 0 Å². The molecule has 1 heteroatoms. The van der Waals surface area contributed by atoms with E-state index in [-0.39, 0.29) is 10.8 Å². The summed E-state index contributed by atoms with van der Waals surface area (Å²) >= 11 is 0. The third-order valence-electron chi connectivity index (χ3n) is 17.0. The van der Waals surface area contributed by atoms with Crippen LogP contribution in [0.1, 0.15) is 68.2 Å². The summed E-state index contributed by atoms with van der Waals surface area (Å²) in [5.41, 5.74) is 20.4. The molecule has 0 N–H and O–H groups in total. The molecular formula is C63H51N. The SMILES string of the molecule is CC1(C)c2ccccc2-c2cccc(-c3ccccc3-c3ccc(N(c4ccc5c(c4)C4(c6ccccc6-5)C5CC6CC(C5)CC4C6)c4cccc5c4ccc4ccccc45)cc3)c21. The zero-order valence-corrected chi connectivity index (χ0v) is 36.7. The Kier molecular flexibility index (Phi) is 7.70. The minimum absolute atomic E-state index is 0.0943. The molecule has 4 saturated carbocycles. The van der Waals surface area contributed by atoms with Crippen LogP contribution in [0.5, 0.6) is 0 Å². The first-order valence-electron chi connectivity index (χ1n) is 23.8. The van der Waals surface area contributed by atoms with Gasteiger partial charge in [0.1, 0.15) is 0 Å². The number of hydrogen-bond acceptors (Lipinski definition) is 1. The molecule has 0 saturated heterocycles. The molecule has 308 valence electrons. The number of benzene rings is 9. The van der Waals surface area contributed by atoms with Gasteiger partial charge in [0.25, 0.3) is 0 Å². The second kappa shape index (κ2) is 13.4. The van der Waals surface area contributed by atoms with Crippen LogP contribution >= 0.6 is 0 Å². The summed E-state index contributed by atoms with van der Waals surface area (Å²) in [5, 5.41) is 5.13. The lowest BCUT2D eigenvalue weighted by Crippen LogP contribution is -2.55. The van der Waals surface area contributed by atoms with Gasteiger partial charge in [0.15, 0.2) is 0 Å². The second-order valence-corrected chi connectivity index (χ2v) is 20.4. The first-order chi connectivity index (χ1) is 31.5. The van der Waals surface area contributed by atoms with Crippen LogP contribution in [0.3, 0.4) is 0 Å². The maximum Gasteiger partial charge on any atom is 0.0540 e. The molecule has 0 atom stereocenters. The van der Waals surface area contributed by atoms with Crippen molar-refractivity contribution in [3.8, 4) is 44.5 Å². The van der Waals surface area contributed by atoms with E-state index < -0.39 is 0 Å². The fraction of sp³-hybridized carbons (Fsp3) is 0.206. The van der Waals surface area contributed by atoms with E-state index in [1.54, 1.807) is 11.1 Å². The van der Waals surface area contributed by atoms with E-state index in [0.29, 0.717) is 11.8 Å². The molecule has 6 aliphatic rings. The van der Waals surface area contributed by atoms with Crippen molar-refractivity contribution in [2.45, 2.75) is 56.8 Å². The number of fused-ring (bicyclic) bond motifs is 9. The van der Waals surface area contributed by atoms with E-state index in [4.69, 9.17) is 0 Å². The molecular weight excluding hydrogens is 771 g/mol. The van der Waals surface area contributed by atoms with Crippen molar-refractivity contribution in [2.24, 2.45) is 23.7 Å². The molecule has 6 aliphatic carbocycles. The molecule has 1 nitrogen and oxygen atoms in total. The summed E-state index contributed by atoms with van der Waals surface area (Å²) in [4.78, 5) is 2.57. The number of nitrogens with zero attached hydrogens (tertiary/aromatic N) is 1. The summed E-state index contributed by atoms with van der Waals surface area (Å²) in [6.07, 6.45) is 6.98. The van der Waals surface area contributed by atoms with Crippen LogP contribution in [0.15, 0.2) is 188 Å². The molecule has 4 bridgehead atoms. The summed E-state index contributed by atoms with van der Waals surface area (Å²) < 4.78 is 0. The standard InChI is InChI=1S/C63H51N/c1-62(2)57-22-9-7-18-52(57)56-21-11-20-55(61(56)62)50-16-6-5-15-48(50)42-25-28-45(29-26-42)64(60-24-12-19-49-47-14-4-3-13-41(47)27-31-54(49)60)46-30-32-53-51-17-8-10-23-58(51)63(59(53)38-46)43-34-39-33-40(36-43)37-44(63)35-39/h3-32,38-40,43-44H,33-37H2,1-2H3. The van der Waals surface area contributed by atoms with Gasteiger partial charge < -0.3 is 4.90 Å². The fourth-order valence-corrected chi connectivity index (χ4v) is 14.8. The molecule has 0 heterocycles. The van der Waals surface area contributed by atoms with E-state index in [1.807, 2.05) is 0 Å². The third kappa shape index (κ3) is 4.96. The molecule has 0 unspecified atom stereocenters. The van der Waals surface area contributed by atoms with Gasteiger partial charge in [-0.25, -0.2) is 0 Å². The zero-order valence-electron chi connectivity index (χ0n) is 36.7. The minimum atomic E-state index is -0.101. The average molecular weight is 822 g/mol. The monoisotopic (exact) mass is 821 g/mol. The summed E-state index contributed by atoms with van der Waals surface area (Å²) in [6.45, 7) is 4.79. The highest BCUT2D eigenvalue weighted by Crippen LogP contribution is 2.69. The Morgan fingerprint density at radius 3 is 1.72 bits per heavy atom. The highest BCUT2D eigenvalue weighted by Gasteiger charge is 2.61. The normalized spacial score (nSPS) is 22.7. The Labute approximate surface area is 377 Å². The first kappa shape index (κ1) is 36.8. The Bertz CT molecular complexity index is 3360. The van der Waals surface area contributed by atoms with Crippen LogP contribution in [0, 0.1) is 23.7 Å². The topological polar surface area (TPSA) is 3.24 Å². The predicted molar refractivity (Wildman–Crippen MR) is 268 cm³/mol. The Morgan fingerprint density at radius 1 is 0.391 bits per heavy atom. The minimum Gasteiger partial charge on any atom is -0.310 e. The van der Waals surface area contributed by atoms with Crippen molar-refractivity contribution >= 4 is 38.6 Å². The molecule has 15 rings (SSSR count). The van der Waals surface area contributed by atoms with Crippen molar-refractivity contribution < 1.29 is 0 Å². The average Bonchev–Trinajstić information content (AvgIpc) is 3.76. The molecule has 0 radical (unpaired) electrons. The van der Waals surface area contributed by atoms with Gasteiger partial charge in [-0.05, 0) is 169 Å². The molecule has 0 amide bonds. The van der Waals surface area contributed by atoms with E-state index in [2.05, 4.69) is 207 Å². The van der Waals surface area contributed by atoms with E-state index in [1.165, 1.54) is 126 Å². The first-order valence-corrected chi connectivity index (χ1v) is 23.8. The van der Waals surface area contributed by atoms with Gasteiger partial charge >= 0.3 is 0 Å². The predicted octanol–water partition coefficient (Wildman–Crippen LogP) is 16.8. The fourth-order valence-electron chi connectivity index (χ4n) is 14.8. The van der Waals surface area contributed by atoms with Crippen molar-refractivity contribution in [3.05, 3.63) is 210 Å². The van der Waals surface area contributed by atoms with Crippen LogP contribution in [0.25, 0.3) is 66.1 Å². The second-order valence-electron chi connectivity index (χ2n) is 20.4. The highest BCUT2D eigenvalue weighted by atomic mass is 15.1. The van der Waals surface area contributed by atoms with Gasteiger partial charge in [-0.3, -0.25) is 0 Å². The third-order valence-corrected chi connectivity index (χ3v) is 17.0. The Balaban J connectivity index is 0.942. The number of rotatable bonds is 5. The lowest BCUT2D eigenvalue weighted by Gasteiger charge is -2.61. The van der Waals surface area contributed by atoms with Gasteiger partial charge in [-0.2, -0.15) is 0 Å². The van der Waals surface area contributed by atoms with Crippen LogP contribution in [-0.2, 0) is 10.8 Å². The van der Waals surface area contributed by atoms with Crippen LogP contribution in [0.4, 0.5) is 17.1 Å². The van der Waals surface area contributed by atoms with Gasteiger partial charge in [-0.1, -0.05) is 172 Å². The van der Waals surface area contributed by atoms with Crippen molar-refractivity contribution in [1.29, 1.82) is 0 Å². The van der Waals surface area contributed by atoms with Crippen molar-refractivity contribution in [1.82, 2.24) is 0 Å². The Hall–Kier alpha value is -6.70. The van der Waals surface area contributed by atoms with Gasteiger partial charge in [-0.15, -0.1) is 0 Å². The lowest BCUT2D eigenvalue weighted by atomic mass is 9.43. The molecule has 4 fully saturated rings. The van der Waals surface area contributed by atoms with E-state index >= 15 is 0 Å². The number of anilines is 3. The number of hydrogen-bond donors (Lipinski definition) is 0. The molecule has 64 heavy (non-hydrogen) atoms.